The summed E-state index contributed by atoms with van der Waals surface area (Å²) in [4.78, 5) is 24.6. The maximum atomic E-state index is 11.3. The summed E-state index contributed by atoms with van der Waals surface area (Å²) in [6.45, 7) is 5.50. The van der Waals surface area contributed by atoms with Gasteiger partial charge in [0.2, 0.25) is 5.95 Å². The second-order valence-corrected chi connectivity index (χ2v) is 7.88. The Bertz CT molecular complexity index is 1160. The van der Waals surface area contributed by atoms with E-state index in [1.54, 1.807) is 24.5 Å². The largest absolute Gasteiger partial charge is 0.493 e. The zero-order chi connectivity index (χ0) is 23.0. The van der Waals surface area contributed by atoms with Gasteiger partial charge < -0.3 is 14.1 Å². The lowest BCUT2D eigenvalue weighted by atomic mass is 10.2. The highest BCUT2D eigenvalue weighted by atomic mass is 32.3. The maximum Gasteiger partial charge on any atom is 0.394 e. The number of hydrogen-bond acceptors (Lipinski definition) is 9. The minimum Gasteiger partial charge on any atom is -0.493 e. The van der Waals surface area contributed by atoms with Crippen molar-refractivity contribution in [3.63, 3.8) is 0 Å². The van der Waals surface area contributed by atoms with Crippen LogP contribution in [0.3, 0.4) is 0 Å². The molecule has 1 saturated heterocycles. The highest BCUT2D eigenvalue weighted by Gasteiger charge is 2.18. The zero-order valence-corrected chi connectivity index (χ0v) is 18.0. The van der Waals surface area contributed by atoms with Gasteiger partial charge in [0.25, 0.3) is 0 Å². The second-order valence-electron chi connectivity index (χ2n) is 6.98. The molecule has 0 bridgehead atoms. The molecular formula is C20H24N4O7S. The molecule has 4 rings (SSSR count). The summed E-state index contributed by atoms with van der Waals surface area (Å²) in [5.41, 5.74) is 0.207. The van der Waals surface area contributed by atoms with E-state index < -0.39 is 10.4 Å². The number of piperazine rings is 1. The third-order valence-corrected chi connectivity index (χ3v) is 4.69. The minimum absolute atomic E-state index is 0.348. The summed E-state index contributed by atoms with van der Waals surface area (Å²) in [5.74, 6) is 1.53. The number of nitrogens with zero attached hydrogens (tertiary/aromatic N) is 4. The fraction of sp³-hybridized carbons (Fsp3) is 0.350. The zero-order valence-electron chi connectivity index (χ0n) is 17.2. The van der Waals surface area contributed by atoms with E-state index in [9.17, 15) is 4.79 Å². The van der Waals surface area contributed by atoms with Crippen molar-refractivity contribution in [2.75, 3.05) is 44.2 Å². The molecule has 0 saturated carbocycles. The van der Waals surface area contributed by atoms with Crippen LogP contribution in [0.25, 0.3) is 11.0 Å². The molecule has 1 aliphatic heterocycles. The van der Waals surface area contributed by atoms with Gasteiger partial charge in [0.15, 0.2) is 0 Å². The highest BCUT2D eigenvalue weighted by Crippen LogP contribution is 2.19. The van der Waals surface area contributed by atoms with Gasteiger partial charge in [0.05, 0.1) is 6.61 Å². The smallest absolute Gasteiger partial charge is 0.394 e. The second kappa shape index (κ2) is 11.0. The molecule has 0 aliphatic carbocycles. The van der Waals surface area contributed by atoms with Gasteiger partial charge in [-0.3, -0.25) is 14.0 Å². The maximum absolute atomic E-state index is 11.3. The molecule has 11 nitrogen and oxygen atoms in total. The van der Waals surface area contributed by atoms with Crippen LogP contribution in [0.2, 0.25) is 0 Å². The van der Waals surface area contributed by atoms with Crippen molar-refractivity contribution in [3.8, 4) is 5.75 Å². The average Bonchev–Trinajstić information content (AvgIpc) is 2.76. The van der Waals surface area contributed by atoms with Crippen molar-refractivity contribution in [1.82, 2.24) is 14.9 Å². The van der Waals surface area contributed by atoms with Gasteiger partial charge in [-0.05, 0) is 30.7 Å². The molecule has 12 heteroatoms. The molecule has 32 heavy (non-hydrogen) atoms. The molecular weight excluding hydrogens is 440 g/mol. The quantitative estimate of drug-likeness (QED) is 0.311. The van der Waals surface area contributed by atoms with Gasteiger partial charge in [-0.1, -0.05) is 0 Å². The Morgan fingerprint density at radius 3 is 2.38 bits per heavy atom. The highest BCUT2D eigenvalue weighted by molar-refractivity contribution is 7.79. The van der Waals surface area contributed by atoms with Crippen molar-refractivity contribution in [2.45, 2.75) is 6.42 Å². The van der Waals surface area contributed by atoms with Crippen LogP contribution in [0.15, 0.2) is 58.0 Å². The van der Waals surface area contributed by atoms with Crippen LogP contribution < -0.4 is 15.3 Å². The monoisotopic (exact) mass is 464 g/mol. The van der Waals surface area contributed by atoms with Gasteiger partial charge >= 0.3 is 16.0 Å². The first-order valence-corrected chi connectivity index (χ1v) is 11.3. The molecule has 1 aliphatic rings. The van der Waals surface area contributed by atoms with Crippen LogP contribution >= 0.6 is 0 Å². The van der Waals surface area contributed by atoms with E-state index in [0.29, 0.717) is 12.2 Å². The Balaban J connectivity index is 0.000000523. The molecule has 0 unspecified atom stereocenters. The Hall–Kier alpha value is -3.06. The summed E-state index contributed by atoms with van der Waals surface area (Å²) in [6.07, 6.45) is 4.51. The van der Waals surface area contributed by atoms with Crippen molar-refractivity contribution < 1.29 is 26.7 Å². The summed E-state index contributed by atoms with van der Waals surface area (Å²) in [7, 11) is -4.67. The standard InChI is InChI=1S/C20H22N4O3.H2O4S/c25-19-6-4-16-3-5-17(15-18(16)27-19)26-14-2-9-23-10-12-24(13-11-23)20-21-7-1-8-22-20;1-5(2,3)4/h1,3-8,15H,2,9-14H2;(H2,1,2,3,4). The molecule has 172 valence electrons. The first-order chi connectivity index (χ1) is 15.3. The predicted octanol–water partition coefficient (Wildman–Crippen LogP) is 1.52. The Morgan fingerprint density at radius 2 is 1.69 bits per heavy atom. The van der Waals surface area contributed by atoms with E-state index in [4.69, 9.17) is 26.7 Å². The third-order valence-electron chi connectivity index (χ3n) is 4.69. The van der Waals surface area contributed by atoms with Crippen molar-refractivity contribution in [3.05, 3.63) is 59.2 Å². The summed E-state index contributed by atoms with van der Waals surface area (Å²) < 4.78 is 42.6. The van der Waals surface area contributed by atoms with Crippen LogP contribution in [0.4, 0.5) is 5.95 Å². The van der Waals surface area contributed by atoms with E-state index in [2.05, 4.69) is 19.8 Å². The number of rotatable bonds is 6. The first kappa shape index (κ1) is 23.6. The Kier molecular flexibility index (Phi) is 8.11. The predicted molar refractivity (Wildman–Crippen MR) is 117 cm³/mol. The number of hydrogen-bond donors (Lipinski definition) is 2. The van der Waals surface area contributed by atoms with Gasteiger partial charge in [-0.2, -0.15) is 8.42 Å². The van der Waals surface area contributed by atoms with E-state index in [1.807, 2.05) is 18.2 Å². The molecule has 0 spiro atoms. The fourth-order valence-corrected chi connectivity index (χ4v) is 3.23. The van der Waals surface area contributed by atoms with Crippen molar-refractivity contribution in [1.29, 1.82) is 0 Å². The molecule has 2 N–H and O–H groups in total. The van der Waals surface area contributed by atoms with Gasteiger partial charge in [-0.25, -0.2) is 14.8 Å². The molecule has 2 aromatic heterocycles. The normalized spacial score (nSPS) is 14.6. The number of aromatic nitrogens is 2. The number of fused-ring (bicyclic) bond motifs is 1. The summed E-state index contributed by atoms with van der Waals surface area (Å²) in [6, 6.07) is 10.6. The number of benzene rings is 1. The molecule has 1 aromatic carbocycles. The van der Waals surface area contributed by atoms with E-state index >= 15 is 0 Å². The Labute approximate surface area is 184 Å². The van der Waals surface area contributed by atoms with Crippen LogP contribution in [0, 0.1) is 0 Å². The fourth-order valence-electron chi connectivity index (χ4n) is 3.23. The summed E-state index contributed by atoms with van der Waals surface area (Å²) >= 11 is 0. The number of ether oxygens (including phenoxy) is 1. The van der Waals surface area contributed by atoms with Crippen LogP contribution in [-0.4, -0.2) is 71.7 Å². The lowest BCUT2D eigenvalue weighted by molar-refractivity contribution is 0.224. The van der Waals surface area contributed by atoms with E-state index in [-0.39, 0.29) is 5.63 Å². The minimum atomic E-state index is -4.67. The Morgan fingerprint density at radius 1 is 1.03 bits per heavy atom. The lowest BCUT2D eigenvalue weighted by Crippen LogP contribution is -2.47. The molecule has 0 atom stereocenters. The molecule has 3 aromatic rings. The van der Waals surface area contributed by atoms with E-state index in [0.717, 1.165) is 56.2 Å². The first-order valence-electron chi connectivity index (χ1n) is 9.89. The average molecular weight is 465 g/mol. The molecule has 0 radical (unpaired) electrons. The van der Waals surface area contributed by atoms with Crippen LogP contribution in [-0.2, 0) is 10.4 Å². The molecule has 3 heterocycles. The lowest BCUT2D eigenvalue weighted by Gasteiger charge is -2.34. The summed E-state index contributed by atoms with van der Waals surface area (Å²) in [5, 5.41) is 0.891. The third kappa shape index (κ3) is 7.89. The van der Waals surface area contributed by atoms with Crippen molar-refractivity contribution in [2.24, 2.45) is 0 Å². The topological polar surface area (TPSA) is 146 Å². The van der Waals surface area contributed by atoms with Crippen molar-refractivity contribution >= 4 is 27.3 Å². The van der Waals surface area contributed by atoms with Gasteiger partial charge in [-0.15, -0.1) is 0 Å². The SMILES string of the molecule is O=S(=O)(O)O.O=c1ccc2ccc(OCCCN3CCN(c4ncccn4)CC3)cc2o1. The van der Waals surface area contributed by atoms with Crippen LogP contribution in [0.5, 0.6) is 5.75 Å². The van der Waals surface area contributed by atoms with E-state index in [1.165, 1.54) is 6.07 Å². The molecule has 0 amide bonds. The molecule has 1 fully saturated rings. The van der Waals surface area contributed by atoms with Gasteiger partial charge in [0, 0.05) is 62.6 Å². The van der Waals surface area contributed by atoms with Gasteiger partial charge in [0.1, 0.15) is 11.3 Å². The van der Waals surface area contributed by atoms with Crippen LogP contribution in [0.1, 0.15) is 6.42 Å². The number of anilines is 1.